The first-order chi connectivity index (χ1) is 10.2. The molecule has 2 heterocycles. The molecular formula is C15H24N4OS. The molecule has 2 rings (SSSR count). The van der Waals surface area contributed by atoms with Crippen molar-refractivity contribution in [2.45, 2.75) is 52.1 Å². The van der Waals surface area contributed by atoms with Crippen LogP contribution in [0.4, 0.5) is 6.01 Å². The van der Waals surface area contributed by atoms with Crippen LogP contribution in [-0.2, 0) is 0 Å². The molecule has 0 saturated heterocycles. The summed E-state index contributed by atoms with van der Waals surface area (Å²) >= 11 is 1.75. The van der Waals surface area contributed by atoms with Gasteiger partial charge in [0.1, 0.15) is 0 Å². The predicted molar refractivity (Wildman–Crippen MR) is 86.6 cm³/mol. The summed E-state index contributed by atoms with van der Waals surface area (Å²) in [6, 6.07) is 5.03. The summed E-state index contributed by atoms with van der Waals surface area (Å²) in [7, 11) is 0. The zero-order chi connectivity index (χ0) is 15.1. The lowest BCUT2D eigenvalue weighted by Gasteiger charge is -2.14. The molecule has 0 aromatic carbocycles. The predicted octanol–water partition coefficient (Wildman–Crippen LogP) is 4.15. The molecule has 2 aromatic heterocycles. The first-order valence-corrected chi connectivity index (χ1v) is 8.49. The van der Waals surface area contributed by atoms with Gasteiger partial charge in [-0.3, -0.25) is 0 Å². The van der Waals surface area contributed by atoms with E-state index in [1.165, 1.54) is 4.88 Å². The maximum atomic E-state index is 5.73. The van der Waals surface area contributed by atoms with Crippen LogP contribution < -0.4 is 10.6 Å². The molecule has 2 atom stereocenters. The summed E-state index contributed by atoms with van der Waals surface area (Å²) in [6.45, 7) is 7.30. The van der Waals surface area contributed by atoms with Gasteiger partial charge in [0.25, 0.3) is 0 Å². The number of aromatic nitrogens is 2. The summed E-state index contributed by atoms with van der Waals surface area (Å²) < 4.78 is 5.73. The lowest BCUT2D eigenvalue weighted by Crippen LogP contribution is -2.19. The molecule has 0 spiro atoms. The number of nitrogens with zero attached hydrogens (tertiary/aromatic N) is 2. The van der Waals surface area contributed by atoms with Gasteiger partial charge in [-0.15, -0.1) is 16.4 Å². The van der Waals surface area contributed by atoms with Crippen LogP contribution in [0.5, 0.6) is 0 Å². The molecule has 0 bridgehead atoms. The van der Waals surface area contributed by atoms with Crippen LogP contribution in [0.1, 0.15) is 62.9 Å². The second kappa shape index (κ2) is 8.14. The van der Waals surface area contributed by atoms with E-state index < -0.39 is 0 Å². The van der Waals surface area contributed by atoms with E-state index in [1.54, 1.807) is 11.3 Å². The van der Waals surface area contributed by atoms with Gasteiger partial charge in [-0.1, -0.05) is 31.4 Å². The van der Waals surface area contributed by atoms with Crippen molar-refractivity contribution in [2.24, 2.45) is 0 Å². The number of nitrogens with one attached hydrogen (secondary N) is 2. The van der Waals surface area contributed by atoms with E-state index >= 15 is 0 Å². The third-order valence-electron chi connectivity index (χ3n) is 3.27. The van der Waals surface area contributed by atoms with Crippen LogP contribution in [-0.4, -0.2) is 16.7 Å². The third kappa shape index (κ3) is 4.54. The number of anilines is 1. The SMILES string of the molecule is CCCNC(C)c1nnc(NC(CCC)c2cccs2)o1. The van der Waals surface area contributed by atoms with E-state index in [2.05, 4.69) is 52.2 Å². The zero-order valence-corrected chi connectivity index (χ0v) is 13.7. The van der Waals surface area contributed by atoms with Gasteiger partial charge in [-0.05, 0) is 37.8 Å². The Morgan fingerprint density at radius 2 is 2.14 bits per heavy atom. The molecule has 0 amide bonds. The van der Waals surface area contributed by atoms with Crippen LogP contribution in [0.25, 0.3) is 0 Å². The van der Waals surface area contributed by atoms with Gasteiger partial charge in [0.2, 0.25) is 5.89 Å². The second-order valence-corrected chi connectivity index (χ2v) is 6.10. The Balaban J connectivity index is 1.99. The van der Waals surface area contributed by atoms with Gasteiger partial charge in [0.15, 0.2) is 0 Å². The lowest BCUT2D eigenvalue weighted by molar-refractivity contribution is 0.420. The molecule has 0 radical (unpaired) electrons. The van der Waals surface area contributed by atoms with Crippen LogP contribution in [0.3, 0.4) is 0 Å². The van der Waals surface area contributed by atoms with Crippen LogP contribution in [0, 0.1) is 0 Å². The molecular weight excluding hydrogens is 284 g/mol. The molecule has 2 aromatic rings. The molecule has 0 aliphatic carbocycles. The van der Waals surface area contributed by atoms with E-state index in [0.717, 1.165) is 25.8 Å². The van der Waals surface area contributed by atoms with Crippen LogP contribution in [0.2, 0.25) is 0 Å². The molecule has 21 heavy (non-hydrogen) atoms. The molecule has 5 nitrogen and oxygen atoms in total. The summed E-state index contributed by atoms with van der Waals surface area (Å²) in [4.78, 5) is 1.30. The molecule has 2 N–H and O–H groups in total. The highest BCUT2D eigenvalue weighted by Gasteiger charge is 2.17. The average Bonchev–Trinajstić information content (AvgIpc) is 3.15. The van der Waals surface area contributed by atoms with E-state index in [9.17, 15) is 0 Å². The quantitative estimate of drug-likeness (QED) is 0.729. The number of rotatable bonds is 9. The Kier molecular flexibility index (Phi) is 6.20. The van der Waals surface area contributed by atoms with Gasteiger partial charge < -0.3 is 15.1 Å². The highest BCUT2D eigenvalue weighted by molar-refractivity contribution is 7.10. The minimum atomic E-state index is 0.0827. The fourth-order valence-corrected chi connectivity index (χ4v) is 2.94. The second-order valence-electron chi connectivity index (χ2n) is 5.12. The van der Waals surface area contributed by atoms with E-state index in [-0.39, 0.29) is 12.1 Å². The number of hydrogen-bond acceptors (Lipinski definition) is 6. The largest absolute Gasteiger partial charge is 0.406 e. The van der Waals surface area contributed by atoms with E-state index in [1.807, 2.05) is 6.92 Å². The summed E-state index contributed by atoms with van der Waals surface area (Å²) in [5, 5.41) is 17.0. The van der Waals surface area contributed by atoms with Gasteiger partial charge in [0, 0.05) is 4.88 Å². The topological polar surface area (TPSA) is 63.0 Å². The molecule has 2 unspecified atom stereocenters. The molecule has 6 heteroatoms. The van der Waals surface area contributed by atoms with Crippen molar-refractivity contribution in [3.05, 3.63) is 28.3 Å². The third-order valence-corrected chi connectivity index (χ3v) is 4.26. The highest BCUT2D eigenvalue weighted by Crippen LogP contribution is 2.27. The van der Waals surface area contributed by atoms with E-state index in [4.69, 9.17) is 4.42 Å². The van der Waals surface area contributed by atoms with Gasteiger partial charge >= 0.3 is 6.01 Å². The Hall–Kier alpha value is -1.40. The minimum Gasteiger partial charge on any atom is -0.406 e. The van der Waals surface area contributed by atoms with Crippen molar-refractivity contribution in [3.63, 3.8) is 0 Å². The Morgan fingerprint density at radius 3 is 2.81 bits per heavy atom. The van der Waals surface area contributed by atoms with Crippen molar-refractivity contribution >= 4 is 17.4 Å². The first kappa shape index (κ1) is 16.0. The normalized spacial score (nSPS) is 14.0. The van der Waals surface area contributed by atoms with Crippen LogP contribution >= 0.6 is 11.3 Å². The maximum absolute atomic E-state index is 5.73. The summed E-state index contributed by atoms with van der Waals surface area (Å²) in [5.74, 6) is 0.632. The highest BCUT2D eigenvalue weighted by atomic mass is 32.1. The number of thiophene rings is 1. The molecule has 116 valence electrons. The zero-order valence-electron chi connectivity index (χ0n) is 12.9. The van der Waals surface area contributed by atoms with Crippen molar-refractivity contribution < 1.29 is 4.42 Å². The maximum Gasteiger partial charge on any atom is 0.316 e. The smallest absolute Gasteiger partial charge is 0.316 e. The van der Waals surface area contributed by atoms with Gasteiger partial charge in [-0.2, -0.15) is 0 Å². The average molecular weight is 308 g/mol. The molecule has 0 saturated carbocycles. The van der Waals surface area contributed by atoms with Crippen molar-refractivity contribution in [1.82, 2.24) is 15.5 Å². The van der Waals surface area contributed by atoms with Crippen molar-refractivity contribution in [2.75, 3.05) is 11.9 Å². The van der Waals surface area contributed by atoms with Crippen LogP contribution in [0.15, 0.2) is 21.9 Å². The summed E-state index contributed by atoms with van der Waals surface area (Å²) in [5.41, 5.74) is 0. The Bertz CT molecular complexity index is 511. The fourth-order valence-electron chi connectivity index (χ4n) is 2.13. The standard InChI is InChI=1S/C15H24N4OS/c1-4-7-12(13-8-6-10-21-13)17-15-19-18-14(20-15)11(3)16-9-5-2/h6,8,10-12,16H,4-5,7,9H2,1-3H3,(H,17,19). The van der Waals surface area contributed by atoms with E-state index in [0.29, 0.717) is 11.9 Å². The molecule has 0 fully saturated rings. The Labute approximate surface area is 130 Å². The van der Waals surface area contributed by atoms with Crippen molar-refractivity contribution in [3.8, 4) is 0 Å². The number of hydrogen-bond donors (Lipinski definition) is 2. The first-order valence-electron chi connectivity index (χ1n) is 7.61. The fraction of sp³-hybridized carbons (Fsp3) is 0.600. The lowest BCUT2D eigenvalue weighted by atomic mass is 10.1. The summed E-state index contributed by atoms with van der Waals surface area (Å²) in [6.07, 6.45) is 3.23. The van der Waals surface area contributed by atoms with Crippen molar-refractivity contribution in [1.29, 1.82) is 0 Å². The monoisotopic (exact) mass is 308 g/mol. The minimum absolute atomic E-state index is 0.0827. The van der Waals surface area contributed by atoms with Gasteiger partial charge in [-0.25, -0.2) is 0 Å². The Morgan fingerprint density at radius 1 is 1.29 bits per heavy atom. The molecule has 0 aliphatic heterocycles. The molecule has 0 aliphatic rings. The van der Waals surface area contributed by atoms with Gasteiger partial charge in [0.05, 0.1) is 12.1 Å².